The Hall–Kier alpha value is -1.41. The van der Waals surface area contributed by atoms with E-state index in [1.54, 1.807) is 18.2 Å². The number of ether oxygens (including phenoxy) is 1. The Labute approximate surface area is 166 Å². The van der Waals surface area contributed by atoms with Crippen LogP contribution in [0.15, 0.2) is 51.8 Å². The lowest BCUT2D eigenvalue weighted by molar-refractivity contribution is 0.0734. The van der Waals surface area contributed by atoms with Crippen LogP contribution in [0.25, 0.3) is 0 Å². The highest BCUT2D eigenvalue weighted by Crippen LogP contribution is 2.29. The summed E-state index contributed by atoms with van der Waals surface area (Å²) in [5, 5.41) is 0.282. The normalized spacial score (nSPS) is 15.6. The van der Waals surface area contributed by atoms with Gasteiger partial charge >= 0.3 is 5.97 Å². The van der Waals surface area contributed by atoms with Crippen LogP contribution in [0.2, 0.25) is 5.02 Å². The van der Waals surface area contributed by atoms with Gasteiger partial charge in [-0.3, -0.25) is 0 Å². The second kappa shape index (κ2) is 8.08. The van der Waals surface area contributed by atoms with Gasteiger partial charge < -0.3 is 4.74 Å². The second-order valence-corrected chi connectivity index (χ2v) is 9.22. The highest BCUT2D eigenvalue weighted by Gasteiger charge is 2.26. The van der Waals surface area contributed by atoms with Crippen molar-refractivity contribution in [1.82, 2.24) is 4.31 Å². The smallest absolute Gasteiger partial charge is 0.343 e. The first-order valence-electron chi connectivity index (χ1n) is 8.15. The van der Waals surface area contributed by atoms with E-state index >= 15 is 0 Å². The van der Waals surface area contributed by atoms with Crippen molar-refractivity contribution in [2.24, 2.45) is 0 Å². The highest BCUT2D eigenvalue weighted by molar-refractivity contribution is 9.10. The van der Waals surface area contributed by atoms with Crippen molar-refractivity contribution in [3.05, 3.63) is 57.5 Å². The first-order chi connectivity index (χ1) is 12.4. The number of piperidine rings is 1. The van der Waals surface area contributed by atoms with E-state index < -0.39 is 16.0 Å². The first kappa shape index (κ1) is 19.4. The van der Waals surface area contributed by atoms with Crippen molar-refractivity contribution in [2.45, 2.75) is 24.2 Å². The van der Waals surface area contributed by atoms with Gasteiger partial charge in [-0.05, 0) is 49.2 Å². The van der Waals surface area contributed by atoms with Crippen molar-refractivity contribution in [2.75, 3.05) is 13.1 Å². The molecule has 0 aromatic heterocycles. The summed E-state index contributed by atoms with van der Waals surface area (Å²) in [7, 11) is -3.61. The maximum atomic E-state index is 12.8. The van der Waals surface area contributed by atoms with Gasteiger partial charge in [-0.2, -0.15) is 4.31 Å². The van der Waals surface area contributed by atoms with Crippen LogP contribution >= 0.6 is 27.5 Å². The number of esters is 1. The van der Waals surface area contributed by atoms with E-state index in [0.717, 1.165) is 23.7 Å². The van der Waals surface area contributed by atoms with Crippen LogP contribution in [0.1, 0.15) is 29.6 Å². The Morgan fingerprint density at radius 1 is 1.08 bits per heavy atom. The minimum absolute atomic E-state index is 0.0933. The summed E-state index contributed by atoms with van der Waals surface area (Å²) < 4.78 is 33.0. The zero-order valence-corrected chi connectivity index (χ0v) is 17.0. The van der Waals surface area contributed by atoms with E-state index in [1.165, 1.54) is 28.6 Å². The average Bonchev–Trinajstić information content (AvgIpc) is 2.65. The summed E-state index contributed by atoms with van der Waals surface area (Å²) in [6, 6.07) is 10.8. The molecule has 0 unspecified atom stereocenters. The Morgan fingerprint density at radius 2 is 1.81 bits per heavy atom. The highest BCUT2D eigenvalue weighted by atomic mass is 79.9. The lowest BCUT2D eigenvalue weighted by Crippen LogP contribution is -2.35. The lowest BCUT2D eigenvalue weighted by Gasteiger charge is -2.25. The van der Waals surface area contributed by atoms with Crippen molar-refractivity contribution in [3.63, 3.8) is 0 Å². The zero-order chi connectivity index (χ0) is 18.7. The second-order valence-electron chi connectivity index (χ2n) is 5.96. The maximum Gasteiger partial charge on any atom is 0.343 e. The fourth-order valence-corrected chi connectivity index (χ4v) is 5.03. The molecule has 0 radical (unpaired) electrons. The third kappa shape index (κ3) is 4.28. The maximum absolute atomic E-state index is 12.8. The van der Waals surface area contributed by atoms with Crippen molar-refractivity contribution in [1.29, 1.82) is 0 Å². The molecule has 3 rings (SSSR count). The summed E-state index contributed by atoms with van der Waals surface area (Å²) in [4.78, 5) is 12.5. The number of benzene rings is 2. The van der Waals surface area contributed by atoms with E-state index in [1.807, 2.05) is 0 Å². The minimum atomic E-state index is -3.61. The van der Waals surface area contributed by atoms with Crippen LogP contribution < -0.4 is 4.74 Å². The van der Waals surface area contributed by atoms with E-state index in [0.29, 0.717) is 13.1 Å². The molecule has 0 amide bonds. The van der Waals surface area contributed by atoms with Crippen LogP contribution in [-0.2, 0) is 10.0 Å². The summed E-state index contributed by atoms with van der Waals surface area (Å²) >= 11 is 9.34. The lowest BCUT2D eigenvalue weighted by atomic mass is 10.2. The molecule has 0 aliphatic carbocycles. The quantitative estimate of drug-likeness (QED) is 0.500. The van der Waals surface area contributed by atoms with E-state index in [-0.39, 0.29) is 21.2 Å². The number of hydrogen-bond donors (Lipinski definition) is 0. The molecule has 1 fully saturated rings. The molecule has 0 atom stereocenters. The number of sulfonamides is 1. The fourth-order valence-electron chi connectivity index (χ4n) is 2.75. The minimum Gasteiger partial charge on any atom is -0.421 e. The molecule has 0 spiro atoms. The topological polar surface area (TPSA) is 63.7 Å². The predicted molar refractivity (Wildman–Crippen MR) is 103 cm³/mol. The Kier molecular flexibility index (Phi) is 6.02. The molecule has 8 heteroatoms. The number of halogens is 2. The van der Waals surface area contributed by atoms with Crippen LogP contribution in [-0.4, -0.2) is 31.8 Å². The molecular weight excluding hydrogens is 442 g/mol. The third-order valence-electron chi connectivity index (χ3n) is 4.12. The van der Waals surface area contributed by atoms with E-state index in [9.17, 15) is 13.2 Å². The zero-order valence-electron chi connectivity index (χ0n) is 13.8. The largest absolute Gasteiger partial charge is 0.421 e. The van der Waals surface area contributed by atoms with Gasteiger partial charge in [0.1, 0.15) is 5.75 Å². The van der Waals surface area contributed by atoms with E-state index in [4.69, 9.17) is 16.3 Å². The standard InChI is InChI=1S/C18H17BrClNO4S/c19-14-7-8-17(16(20)12-14)25-18(22)13-5-4-6-15(11-13)26(23,24)21-9-2-1-3-10-21/h4-8,11-12H,1-3,9-10H2. The number of carbonyl (C=O) groups is 1. The summed E-state index contributed by atoms with van der Waals surface area (Å²) in [6.07, 6.45) is 2.73. The first-order valence-corrected chi connectivity index (χ1v) is 10.8. The summed E-state index contributed by atoms with van der Waals surface area (Å²) in [6.45, 7) is 1.01. The summed E-state index contributed by atoms with van der Waals surface area (Å²) in [5.74, 6) is -0.450. The van der Waals surface area contributed by atoms with Gasteiger partial charge in [0.2, 0.25) is 10.0 Å². The molecule has 138 valence electrons. The third-order valence-corrected chi connectivity index (χ3v) is 6.80. The van der Waals surface area contributed by atoms with Gasteiger partial charge in [-0.15, -0.1) is 0 Å². The molecule has 0 bridgehead atoms. The molecule has 0 saturated carbocycles. The van der Waals surface area contributed by atoms with Gasteiger partial charge in [-0.25, -0.2) is 13.2 Å². The Balaban J connectivity index is 1.83. The molecule has 1 aliphatic heterocycles. The summed E-state index contributed by atoms with van der Waals surface area (Å²) in [5.41, 5.74) is 0.155. The van der Waals surface area contributed by atoms with Gasteiger partial charge in [0.05, 0.1) is 15.5 Å². The molecule has 1 heterocycles. The monoisotopic (exact) mass is 457 g/mol. The molecule has 2 aromatic carbocycles. The predicted octanol–water partition coefficient (Wildman–Crippen LogP) is 4.50. The van der Waals surface area contributed by atoms with Crippen molar-refractivity contribution < 1.29 is 17.9 Å². The number of carbonyl (C=O) groups excluding carboxylic acids is 1. The fraction of sp³-hybridized carbons (Fsp3) is 0.278. The molecule has 2 aromatic rings. The van der Waals surface area contributed by atoms with Crippen LogP contribution in [0, 0.1) is 0 Å². The molecule has 1 saturated heterocycles. The van der Waals surface area contributed by atoms with Gasteiger partial charge in [-0.1, -0.05) is 40.0 Å². The molecular formula is C18H17BrClNO4S. The van der Waals surface area contributed by atoms with Crippen LogP contribution in [0.4, 0.5) is 0 Å². The molecule has 1 aliphatic rings. The molecule has 5 nitrogen and oxygen atoms in total. The molecule has 0 N–H and O–H groups in total. The number of rotatable bonds is 4. The van der Waals surface area contributed by atoms with Gasteiger partial charge in [0.15, 0.2) is 0 Å². The Bertz CT molecular complexity index is 927. The van der Waals surface area contributed by atoms with E-state index in [2.05, 4.69) is 15.9 Å². The average molecular weight is 459 g/mol. The van der Waals surface area contributed by atoms with Crippen LogP contribution in [0.3, 0.4) is 0 Å². The molecule has 26 heavy (non-hydrogen) atoms. The van der Waals surface area contributed by atoms with Gasteiger partial charge in [0.25, 0.3) is 0 Å². The number of hydrogen-bond acceptors (Lipinski definition) is 4. The van der Waals surface area contributed by atoms with Crippen molar-refractivity contribution in [3.8, 4) is 5.75 Å². The SMILES string of the molecule is O=C(Oc1ccc(Br)cc1Cl)c1cccc(S(=O)(=O)N2CCCCC2)c1. The number of nitrogens with zero attached hydrogens (tertiary/aromatic N) is 1. The van der Waals surface area contributed by atoms with Gasteiger partial charge in [0, 0.05) is 17.6 Å². The van der Waals surface area contributed by atoms with Crippen LogP contribution in [0.5, 0.6) is 5.75 Å². The van der Waals surface area contributed by atoms with Crippen molar-refractivity contribution >= 4 is 43.5 Å². The Morgan fingerprint density at radius 3 is 2.50 bits per heavy atom.